The van der Waals surface area contributed by atoms with E-state index in [0.29, 0.717) is 5.82 Å². The average molecular weight is 282 g/mol. The molecule has 4 nitrogen and oxygen atoms in total. The average Bonchev–Trinajstić information content (AvgIpc) is 3.32. The third-order valence-corrected chi connectivity index (χ3v) is 3.52. The maximum absolute atomic E-state index is 12.5. The normalized spacial score (nSPS) is 13.8. The molecular weight excluding hydrogens is 264 g/mol. The van der Waals surface area contributed by atoms with Crippen molar-refractivity contribution in [3.05, 3.63) is 54.2 Å². The van der Waals surface area contributed by atoms with Crippen molar-refractivity contribution in [3.8, 4) is 5.75 Å². The lowest BCUT2D eigenvalue weighted by molar-refractivity contribution is -0.120. The van der Waals surface area contributed by atoms with Crippen LogP contribution in [0.4, 0.5) is 5.82 Å². The highest BCUT2D eigenvalue weighted by atomic mass is 16.5. The molecule has 0 spiro atoms. The number of hydrogen-bond acceptors (Lipinski definition) is 3. The first kappa shape index (κ1) is 13.6. The molecule has 1 aliphatic carbocycles. The van der Waals surface area contributed by atoms with Crippen LogP contribution in [0.2, 0.25) is 0 Å². The predicted octanol–water partition coefficient (Wildman–Crippen LogP) is 2.96. The Labute approximate surface area is 124 Å². The quantitative estimate of drug-likeness (QED) is 0.846. The third kappa shape index (κ3) is 3.21. The minimum absolute atomic E-state index is 0.0396. The van der Waals surface area contributed by atoms with E-state index < -0.39 is 0 Å². The highest BCUT2D eigenvalue weighted by Crippen LogP contribution is 2.30. The summed E-state index contributed by atoms with van der Waals surface area (Å²) < 4.78 is 5.66. The SMILES string of the molecule is Cc1ccccc1OCC(=O)N(c1ccccn1)C1CC1. The summed E-state index contributed by atoms with van der Waals surface area (Å²) in [5.41, 5.74) is 1.03. The van der Waals surface area contributed by atoms with Crippen LogP contribution in [0.15, 0.2) is 48.7 Å². The lowest BCUT2D eigenvalue weighted by Gasteiger charge is -2.21. The molecule has 1 saturated carbocycles. The van der Waals surface area contributed by atoms with E-state index in [4.69, 9.17) is 4.74 Å². The molecule has 3 rings (SSSR count). The summed E-state index contributed by atoms with van der Waals surface area (Å²) in [4.78, 5) is 18.5. The van der Waals surface area contributed by atoms with Crippen molar-refractivity contribution in [3.63, 3.8) is 0 Å². The summed E-state index contributed by atoms with van der Waals surface area (Å²) in [7, 11) is 0. The van der Waals surface area contributed by atoms with E-state index in [2.05, 4.69) is 4.98 Å². The molecule has 1 aromatic heterocycles. The molecule has 0 atom stereocenters. The van der Waals surface area contributed by atoms with Crippen molar-refractivity contribution >= 4 is 11.7 Å². The van der Waals surface area contributed by atoms with Crippen LogP contribution in [-0.2, 0) is 4.79 Å². The third-order valence-electron chi connectivity index (χ3n) is 3.52. The van der Waals surface area contributed by atoms with Crippen LogP contribution in [-0.4, -0.2) is 23.5 Å². The van der Waals surface area contributed by atoms with Crippen molar-refractivity contribution in [2.45, 2.75) is 25.8 Å². The number of carbonyl (C=O) groups is 1. The molecule has 0 unspecified atom stereocenters. The lowest BCUT2D eigenvalue weighted by atomic mass is 10.2. The second-order valence-corrected chi connectivity index (χ2v) is 5.24. The van der Waals surface area contributed by atoms with E-state index in [1.54, 1.807) is 11.1 Å². The van der Waals surface area contributed by atoms with E-state index in [0.717, 1.165) is 24.2 Å². The van der Waals surface area contributed by atoms with Crippen molar-refractivity contribution in [1.29, 1.82) is 0 Å². The highest BCUT2D eigenvalue weighted by Gasteiger charge is 2.34. The lowest BCUT2D eigenvalue weighted by Crippen LogP contribution is -2.37. The van der Waals surface area contributed by atoms with E-state index >= 15 is 0 Å². The zero-order valence-electron chi connectivity index (χ0n) is 12.0. The molecule has 1 aliphatic rings. The van der Waals surface area contributed by atoms with Crippen LogP contribution in [0.3, 0.4) is 0 Å². The fourth-order valence-corrected chi connectivity index (χ4v) is 2.27. The van der Waals surface area contributed by atoms with Gasteiger partial charge >= 0.3 is 0 Å². The Bertz CT molecular complexity index is 624. The van der Waals surface area contributed by atoms with Crippen molar-refractivity contribution in [1.82, 2.24) is 4.98 Å². The van der Waals surface area contributed by atoms with Gasteiger partial charge in [-0.1, -0.05) is 24.3 Å². The summed E-state index contributed by atoms with van der Waals surface area (Å²) in [5.74, 6) is 1.42. The largest absolute Gasteiger partial charge is 0.483 e. The molecule has 1 amide bonds. The summed E-state index contributed by atoms with van der Waals surface area (Å²) >= 11 is 0. The molecule has 0 saturated heterocycles. The Morgan fingerprint density at radius 1 is 1.24 bits per heavy atom. The molecule has 0 bridgehead atoms. The van der Waals surface area contributed by atoms with Gasteiger partial charge in [-0.25, -0.2) is 4.98 Å². The van der Waals surface area contributed by atoms with E-state index in [1.165, 1.54) is 0 Å². The van der Waals surface area contributed by atoms with Gasteiger partial charge in [0.25, 0.3) is 5.91 Å². The molecular formula is C17H18N2O2. The van der Waals surface area contributed by atoms with Gasteiger partial charge in [-0.15, -0.1) is 0 Å². The Morgan fingerprint density at radius 2 is 2.00 bits per heavy atom. The van der Waals surface area contributed by atoms with Gasteiger partial charge in [0.2, 0.25) is 0 Å². The van der Waals surface area contributed by atoms with Crippen LogP contribution in [0.5, 0.6) is 5.75 Å². The zero-order valence-corrected chi connectivity index (χ0v) is 12.0. The van der Waals surface area contributed by atoms with E-state index in [9.17, 15) is 4.79 Å². The van der Waals surface area contributed by atoms with Crippen molar-refractivity contribution in [2.24, 2.45) is 0 Å². The van der Waals surface area contributed by atoms with Crippen LogP contribution in [0.25, 0.3) is 0 Å². The first-order valence-corrected chi connectivity index (χ1v) is 7.17. The van der Waals surface area contributed by atoms with Gasteiger partial charge in [0.05, 0.1) is 0 Å². The minimum atomic E-state index is -0.0422. The summed E-state index contributed by atoms with van der Waals surface area (Å²) in [6.45, 7) is 2.01. The molecule has 0 aliphatic heterocycles. The number of rotatable bonds is 5. The second kappa shape index (κ2) is 5.95. The van der Waals surface area contributed by atoms with Crippen LogP contribution in [0.1, 0.15) is 18.4 Å². The van der Waals surface area contributed by atoms with Gasteiger partial charge in [0.15, 0.2) is 6.61 Å². The molecule has 1 heterocycles. The standard InChI is InChI=1S/C17H18N2O2/c1-13-6-2-3-7-15(13)21-12-17(20)19(14-9-10-14)16-8-4-5-11-18-16/h2-8,11,14H,9-10,12H2,1H3. The summed E-state index contributed by atoms with van der Waals surface area (Å²) in [6, 6.07) is 13.6. The Balaban J connectivity index is 1.70. The van der Waals surface area contributed by atoms with Gasteiger partial charge < -0.3 is 4.74 Å². The number of aromatic nitrogens is 1. The fraction of sp³-hybridized carbons (Fsp3) is 0.294. The van der Waals surface area contributed by atoms with Gasteiger partial charge in [0, 0.05) is 12.2 Å². The molecule has 0 radical (unpaired) electrons. The second-order valence-electron chi connectivity index (χ2n) is 5.24. The molecule has 21 heavy (non-hydrogen) atoms. The molecule has 108 valence electrons. The number of aryl methyl sites for hydroxylation is 1. The molecule has 4 heteroatoms. The Kier molecular flexibility index (Phi) is 3.86. The number of nitrogens with zero attached hydrogens (tertiary/aromatic N) is 2. The van der Waals surface area contributed by atoms with Crippen LogP contribution in [0, 0.1) is 6.92 Å². The van der Waals surface area contributed by atoms with Gasteiger partial charge in [-0.3, -0.25) is 9.69 Å². The van der Waals surface area contributed by atoms with Gasteiger partial charge in [0.1, 0.15) is 11.6 Å². The molecule has 1 fully saturated rings. The molecule has 2 aromatic rings. The predicted molar refractivity (Wildman–Crippen MR) is 81.4 cm³/mol. The van der Waals surface area contributed by atoms with E-state index in [-0.39, 0.29) is 18.6 Å². The van der Waals surface area contributed by atoms with Crippen molar-refractivity contribution in [2.75, 3.05) is 11.5 Å². The number of amides is 1. The van der Waals surface area contributed by atoms with E-state index in [1.807, 2.05) is 49.4 Å². The van der Waals surface area contributed by atoms with Crippen LogP contribution >= 0.6 is 0 Å². The topological polar surface area (TPSA) is 42.4 Å². The van der Waals surface area contributed by atoms with Crippen LogP contribution < -0.4 is 9.64 Å². The number of para-hydroxylation sites is 1. The number of anilines is 1. The number of ether oxygens (including phenoxy) is 1. The highest BCUT2D eigenvalue weighted by molar-refractivity contribution is 5.94. The van der Waals surface area contributed by atoms with Gasteiger partial charge in [-0.2, -0.15) is 0 Å². The summed E-state index contributed by atoms with van der Waals surface area (Å²) in [6.07, 6.45) is 3.78. The molecule has 1 aromatic carbocycles. The first-order valence-electron chi connectivity index (χ1n) is 7.17. The minimum Gasteiger partial charge on any atom is -0.483 e. The monoisotopic (exact) mass is 282 g/mol. The molecule has 0 N–H and O–H groups in total. The Hall–Kier alpha value is -2.36. The van der Waals surface area contributed by atoms with Crippen molar-refractivity contribution < 1.29 is 9.53 Å². The number of carbonyl (C=O) groups excluding carboxylic acids is 1. The fourth-order valence-electron chi connectivity index (χ4n) is 2.27. The maximum Gasteiger partial charge on any atom is 0.266 e. The smallest absolute Gasteiger partial charge is 0.266 e. The Morgan fingerprint density at radius 3 is 2.67 bits per heavy atom. The summed E-state index contributed by atoms with van der Waals surface area (Å²) in [5, 5.41) is 0. The van der Waals surface area contributed by atoms with Gasteiger partial charge in [-0.05, 0) is 43.5 Å². The zero-order chi connectivity index (χ0) is 14.7. The maximum atomic E-state index is 12.5. The number of pyridine rings is 1. The first-order chi connectivity index (χ1) is 10.3. The number of benzene rings is 1. The number of hydrogen-bond donors (Lipinski definition) is 0.